The molecule has 0 saturated carbocycles. The predicted molar refractivity (Wildman–Crippen MR) is 133 cm³/mol. The van der Waals surface area contributed by atoms with E-state index >= 15 is 0 Å². The Labute approximate surface area is 185 Å². The molecule has 0 aliphatic heterocycles. The number of hydrogen-bond acceptors (Lipinski definition) is 1. The van der Waals surface area contributed by atoms with Crippen molar-refractivity contribution >= 4 is 27.5 Å². The third-order valence-electron chi connectivity index (χ3n) is 6.29. The first-order chi connectivity index (χ1) is 14.1. The van der Waals surface area contributed by atoms with Crippen LogP contribution in [0.2, 0.25) is 13.3 Å². The SMILES string of the molecule is CCC/C=C(\CCC)c1ccc(C#N)c[c]1[Sn]([CH2]CCC)([CH2]CCC)[CH2]CCC. The van der Waals surface area contributed by atoms with Crippen LogP contribution in [0.25, 0.3) is 5.57 Å². The normalized spacial score (nSPS) is 12.2. The van der Waals surface area contributed by atoms with Gasteiger partial charge < -0.3 is 0 Å². The van der Waals surface area contributed by atoms with Crippen molar-refractivity contribution in [2.75, 3.05) is 0 Å². The second-order valence-electron chi connectivity index (χ2n) is 8.73. The molecule has 0 N–H and O–H groups in total. The van der Waals surface area contributed by atoms with Gasteiger partial charge in [-0.15, -0.1) is 0 Å². The number of benzene rings is 1. The molecule has 0 atom stereocenters. The topological polar surface area (TPSA) is 23.8 Å². The summed E-state index contributed by atoms with van der Waals surface area (Å²) in [6.45, 7) is 11.6. The van der Waals surface area contributed by atoms with Gasteiger partial charge in [-0.2, -0.15) is 0 Å². The molecule has 0 aliphatic carbocycles. The second kappa shape index (κ2) is 15.1. The number of hydrogen-bond donors (Lipinski definition) is 0. The summed E-state index contributed by atoms with van der Waals surface area (Å²) in [4.78, 5) is 0. The van der Waals surface area contributed by atoms with Gasteiger partial charge in [0, 0.05) is 0 Å². The molecule has 29 heavy (non-hydrogen) atoms. The summed E-state index contributed by atoms with van der Waals surface area (Å²) in [6.07, 6.45) is 15.2. The van der Waals surface area contributed by atoms with Crippen LogP contribution in [0.3, 0.4) is 0 Å². The summed E-state index contributed by atoms with van der Waals surface area (Å²) in [7, 11) is 0. The Hall–Kier alpha value is -0.751. The third kappa shape index (κ3) is 8.12. The number of unbranched alkanes of at least 4 members (excludes halogenated alkanes) is 4. The van der Waals surface area contributed by atoms with E-state index in [1.165, 1.54) is 70.2 Å². The molecule has 0 unspecified atom stereocenters. The van der Waals surface area contributed by atoms with Crippen molar-refractivity contribution in [2.45, 2.75) is 112 Å². The number of rotatable bonds is 15. The van der Waals surface area contributed by atoms with Crippen molar-refractivity contribution < 1.29 is 0 Å². The molecular weight excluding hydrogens is 457 g/mol. The van der Waals surface area contributed by atoms with Gasteiger partial charge >= 0.3 is 186 Å². The Morgan fingerprint density at radius 2 is 1.45 bits per heavy atom. The summed E-state index contributed by atoms with van der Waals surface area (Å²) >= 11 is -2.60. The maximum atomic E-state index is 9.69. The standard InChI is InChI=1S/C15H18N.3C4H9.Sn/c1-3-5-7-14(6-4-2)15-10-8-13(12-16)9-11-15;3*1-3-4-2;/h7-10H,3-6H2,1-2H3;3*1,3-4H2,2H3;/b14-7+;;;;. The average molecular weight is 502 g/mol. The first-order valence-corrected chi connectivity index (χ1v) is 19.8. The van der Waals surface area contributed by atoms with Crippen LogP contribution in [0.1, 0.15) is 110 Å². The fraction of sp³-hybridized carbons (Fsp3) is 0.667. The van der Waals surface area contributed by atoms with Gasteiger partial charge in [-0.05, 0) is 0 Å². The zero-order valence-corrected chi connectivity index (χ0v) is 22.8. The Morgan fingerprint density at radius 1 is 0.862 bits per heavy atom. The van der Waals surface area contributed by atoms with E-state index in [-0.39, 0.29) is 0 Å². The van der Waals surface area contributed by atoms with Crippen LogP contribution in [0.15, 0.2) is 24.3 Å². The van der Waals surface area contributed by atoms with Crippen molar-refractivity contribution in [1.82, 2.24) is 0 Å². The quantitative estimate of drug-likeness (QED) is 0.220. The Kier molecular flexibility index (Phi) is 13.7. The molecule has 0 bridgehead atoms. The first kappa shape index (κ1) is 26.3. The minimum absolute atomic E-state index is 0.876. The molecule has 1 aromatic rings. The molecule has 1 nitrogen and oxygen atoms in total. The molecule has 1 rings (SSSR count). The molecule has 0 heterocycles. The molecule has 2 heteroatoms. The molecule has 1 aromatic carbocycles. The Bertz CT molecular complexity index is 631. The van der Waals surface area contributed by atoms with Crippen LogP contribution in [0.5, 0.6) is 0 Å². The van der Waals surface area contributed by atoms with Crippen LogP contribution in [0.4, 0.5) is 0 Å². The van der Waals surface area contributed by atoms with Gasteiger partial charge in [0.25, 0.3) is 0 Å². The molecular formula is C27H45NSn. The van der Waals surface area contributed by atoms with Gasteiger partial charge in [0.05, 0.1) is 0 Å². The zero-order valence-electron chi connectivity index (χ0n) is 19.9. The summed E-state index contributed by atoms with van der Waals surface area (Å²) in [5, 5.41) is 9.69. The number of allylic oxidation sites excluding steroid dienone is 2. The number of nitriles is 1. The second-order valence-corrected chi connectivity index (χ2v) is 21.9. The minimum atomic E-state index is -2.60. The molecule has 162 valence electrons. The first-order valence-electron chi connectivity index (χ1n) is 12.4. The van der Waals surface area contributed by atoms with E-state index in [1.807, 2.05) is 0 Å². The van der Waals surface area contributed by atoms with Crippen LogP contribution >= 0.6 is 0 Å². The van der Waals surface area contributed by atoms with Crippen LogP contribution in [-0.4, -0.2) is 18.4 Å². The molecule has 0 aromatic heterocycles. The van der Waals surface area contributed by atoms with E-state index in [9.17, 15) is 5.26 Å². The van der Waals surface area contributed by atoms with E-state index in [2.05, 4.69) is 65.0 Å². The van der Waals surface area contributed by atoms with Crippen LogP contribution < -0.4 is 3.58 Å². The fourth-order valence-electron chi connectivity index (χ4n) is 4.59. The monoisotopic (exact) mass is 503 g/mol. The van der Waals surface area contributed by atoms with Gasteiger partial charge in [-0.25, -0.2) is 0 Å². The van der Waals surface area contributed by atoms with Gasteiger partial charge in [0.15, 0.2) is 0 Å². The molecule has 0 fully saturated rings. The van der Waals surface area contributed by atoms with Crippen molar-refractivity contribution in [3.05, 3.63) is 35.4 Å². The van der Waals surface area contributed by atoms with Gasteiger partial charge in [0.2, 0.25) is 0 Å². The molecule has 0 amide bonds. The third-order valence-corrected chi connectivity index (χ3v) is 22.0. The average Bonchev–Trinajstić information content (AvgIpc) is 2.76. The molecule has 0 spiro atoms. The van der Waals surface area contributed by atoms with Crippen molar-refractivity contribution in [2.24, 2.45) is 0 Å². The van der Waals surface area contributed by atoms with Crippen molar-refractivity contribution in [3.63, 3.8) is 0 Å². The summed E-state index contributed by atoms with van der Waals surface area (Å²) in [6, 6.07) is 9.21. The van der Waals surface area contributed by atoms with Crippen LogP contribution in [0, 0.1) is 11.3 Å². The van der Waals surface area contributed by atoms with Crippen molar-refractivity contribution in [3.8, 4) is 6.07 Å². The molecule has 0 saturated heterocycles. The van der Waals surface area contributed by atoms with E-state index in [1.54, 1.807) is 9.15 Å². The maximum absolute atomic E-state index is 9.69. The van der Waals surface area contributed by atoms with Gasteiger partial charge in [-0.1, -0.05) is 0 Å². The van der Waals surface area contributed by atoms with E-state index < -0.39 is 18.4 Å². The zero-order chi connectivity index (χ0) is 21.5. The van der Waals surface area contributed by atoms with Gasteiger partial charge in [-0.3, -0.25) is 0 Å². The van der Waals surface area contributed by atoms with E-state index in [0.717, 1.165) is 18.4 Å². The molecule has 0 radical (unpaired) electrons. The fourth-order valence-corrected chi connectivity index (χ4v) is 21.5. The van der Waals surface area contributed by atoms with E-state index in [0.29, 0.717) is 0 Å². The van der Waals surface area contributed by atoms with Gasteiger partial charge in [0.1, 0.15) is 0 Å². The summed E-state index contributed by atoms with van der Waals surface area (Å²) in [5.41, 5.74) is 3.96. The Balaban J connectivity index is 3.66. The summed E-state index contributed by atoms with van der Waals surface area (Å²) < 4.78 is 6.06. The van der Waals surface area contributed by atoms with E-state index in [4.69, 9.17) is 0 Å². The number of nitrogens with zero attached hydrogens (tertiary/aromatic N) is 1. The molecule has 0 aliphatic rings. The van der Waals surface area contributed by atoms with Crippen molar-refractivity contribution in [1.29, 1.82) is 5.26 Å². The Morgan fingerprint density at radius 3 is 1.90 bits per heavy atom. The predicted octanol–water partition coefficient (Wildman–Crippen LogP) is 8.60. The van der Waals surface area contributed by atoms with Crippen LogP contribution in [-0.2, 0) is 0 Å². The summed E-state index contributed by atoms with van der Waals surface area (Å²) in [5.74, 6) is 0.